The summed E-state index contributed by atoms with van der Waals surface area (Å²) >= 11 is 1.84. The Morgan fingerprint density at radius 1 is 1.22 bits per heavy atom. The van der Waals surface area contributed by atoms with Crippen LogP contribution in [0.5, 0.6) is 0 Å². The second-order valence-electron chi connectivity index (χ2n) is 8.14. The van der Waals surface area contributed by atoms with Crippen LogP contribution in [-0.4, -0.2) is 62.2 Å². The van der Waals surface area contributed by atoms with Crippen molar-refractivity contribution in [3.8, 4) is 0 Å². The molecule has 0 amide bonds. The second kappa shape index (κ2) is 10.3. The molecule has 2 N–H and O–H groups in total. The Kier molecular flexibility index (Phi) is 7.82. The molecule has 1 aromatic rings. The van der Waals surface area contributed by atoms with Crippen LogP contribution in [0, 0.1) is 5.92 Å². The molecule has 0 aliphatic carbocycles. The summed E-state index contributed by atoms with van der Waals surface area (Å²) in [6.07, 6.45) is 4.99. The lowest BCUT2D eigenvalue weighted by Gasteiger charge is -2.35. The van der Waals surface area contributed by atoms with Crippen molar-refractivity contribution in [2.24, 2.45) is 10.9 Å². The summed E-state index contributed by atoms with van der Waals surface area (Å²) in [5.74, 6) is 1.88. The van der Waals surface area contributed by atoms with E-state index in [1.165, 1.54) is 43.8 Å². The van der Waals surface area contributed by atoms with Crippen molar-refractivity contribution in [1.82, 2.24) is 15.5 Å². The van der Waals surface area contributed by atoms with Crippen LogP contribution in [-0.2, 0) is 0 Å². The van der Waals surface area contributed by atoms with E-state index < -0.39 is 0 Å². The Balaban J connectivity index is 1.46. The first-order chi connectivity index (χ1) is 13.2. The van der Waals surface area contributed by atoms with E-state index >= 15 is 0 Å². The largest absolute Gasteiger partial charge is 0.363 e. The van der Waals surface area contributed by atoms with Crippen molar-refractivity contribution in [3.05, 3.63) is 17.5 Å². The molecule has 6 heteroatoms. The van der Waals surface area contributed by atoms with Crippen molar-refractivity contribution >= 4 is 22.3 Å². The van der Waals surface area contributed by atoms with E-state index in [2.05, 4.69) is 58.7 Å². The van der Waals surface area contributed by atoms with Crippen molar-refractivity contribution in [1.29, 1.82) is 0 Å². The molecule has 2 fully saturated rings. The molecule has 2 aliphatic rings. The van der Waals surface area contributed by atoms with Crippen LogP contribution < -0.4 is 15.5 Å². The first-order valence-corrected chi connectivity index (χ1v) is 11.6. The average Bonchev–Trinajstić information content (AvgIpc) is 3.22. The normalized spacial score (nSPS) is 22.0. The first-order valence-electron chi connectivity index (χ1n) is 10.7. The zero-order chi connectivity index (χ0) is 19.1. The van der Waals surface area contributed by atoms with Crippen LogP contribution in [0.3, 0.4) is 0 Å². The lowest BCUT2D eigenvalue weighted by Crippen LogP contribution is -2.49. The highest BCUT2D eigenvalue weighted by atomic mass is 32.1. The molecule has 1 unspecified atom stereocenters. The molecule has 0 spiro atoms. The number of aliphatic imine (C=N–C) groups is 1. The van der Waals surface area contributed by atoms with Gasteiger partial charge >= 0.3 is 0 Å². The van der Waals surface area contributed by atoms with Gasteiger partial charge in [-0.1, -0.05) is 6.92 Å². The van der Waals surface area contributed by atoms with Crippen molar-refractivity contribution in [2.45, 2.75) is 58.5 Å². The SMILES string of the molecule is CCNC(=NCC(C)N1CCC(C)CC1)NC1CCN(c2cccs2)CC1. The maximum absolute atomic E-state index is 4.91. The third kappa shape index (κ3) is 6.11. The van der Waals surface area contributed by atoms with Crippen molar-refractivity contribution in [2.75, 3.05) is 44.2 Å². The first kappa shape index (κ1) is 20.5. The predicted molar refractivity (Wildman–Crippen MR) is 118 cm³/mol. The number of nitrogens with one attached hydrogen (secondary N) is 2. The number of guanidine groups is 1. The van der Waals surface area contributed by atoms with Crippen LogP contribution >= 0.6 is 11.3 Å². The zero-order valence-electron chi connectivity index (χ0n) is 17.3. The second-order valence-corrected chi connectivity index (χ2v) is 9.07. The monoisotopic (exact) mass is 391 g/mol. The van der Waals surface area contributed by atoms with Crippen LogP contribution in [0.4, 0.5) is 5.00 Å². The standard InChI is InChI=1S/C21H37N5S/c1-4-22-21(23-16-18(3)25-11-7-17(2)8-12-25)24-19-9-13-26(14-10-19)20-6-5-15-27-20/h5-6,15,17-19H,4,7-14,16H2,1-3H3,(H2,22,23,24). The maximum Gasteiger partial charge on any atom is 0.191 e. The molecule has 2 aliphatic heterocycles. The zero-order valence-corrected chi connectivity index (χ0v) is 18.1. The van der Waals surface area contributed by atoms with E-state index in [0.717, 1.165) is 38.1 Å². The molecule has 0 saturated carbocycles. The number of piperidine rings is 2. The maximum atomic E-state index is 4.91. The Labute approximate surface area is 169 Å². The Morgan fingerprint density at radius 3 is 2.59 bits per heavy atom. The van der Waals surface area contributed by atoms with Gasteiger partial charge in [0.2, 0.25) is 0 Å². The fourth-order valence-corrected chi connectivity index (χ4v) is 4.80. The van der Waals surface area contributed by atoms with Crippen molar-refractivity contribution < 1.29 is 0 Å². The van der Waals surface area contributed by atoms with E-state index in [4.69, 9.17) is 4.99 Å². The topological polar surface area (TPSA) is 42.9 Å². The Hall–Kier alpha value is -1.27. The number of likely N-dealkylation sites (tertiary alicyclic amines) is 1. The van der Waals surface area contributed by atoms with Crippen LogP contribution in [0.2, 0.25) is 0 Å². The smallest absolute Gasteiger partial charge is 0.191 e. The molecule has 0 radical (unpaired) electrons. The van der Waals surface area contributed by atoms with E-state index in [1.54, 1.807) is 0 Å². The molecule has 152 valence electrons. The van der Waals surface area contributed by atoms with Gasteiger partial charge in [-0.3, -0.25) is 9.89 Å². The fourth-order valence-electron chi connectivity index (χ4n) is 4.02. The summed E-state index contributed by atoms with van der Waals surface area (Å²) in [4.78, 5) is 10.0. The molecule has 0 aromatic carbocycles. The Morgan fingerprint density at radius 2 is 1.96 bits per heavy atom. The van der Waals surface area contributed by atoms with Gasteiger partial charge in [0.05, 0.1) is 11.5 Å². The molecule has 2 saturated heterocycles. The Bertz CT molecular complexity index is 557. The third-order valence-electron chi connectivity index (χ3n) is 5.95. The van der Waals surface area contributed by atoms with E-state index in [-0.39, 0.29) is 0 Å². The van der Waals surface area contributed by atoms with E-state index in [9.17, 15) is 0 Å². The van der Waals surface area contributed by atoms with Gasteiger partial charge in [0.25, 0.3) is 0 Å². The van der Waals surface area contributed by atoms with Crippen LogP contribution in [0.1, 0.15) is 46.5 Å². The molecule has 1 aromatic heterocycles. The summed E-state index contributed by atoms with van der Waals surface area (Å²) in [6.45, 7) is 13.3. The highest BCUT2D eigenvalue weighted by molar-refractivity contribution is 7.14. The van der Waals surface area contributed by atoms with Crippen LogP contribution in [0.15, 0.2) is 22.5 Å². The van der Waals surface area contributed by atoms with Crippen LogP contribution in [0.25, 0.3) is 0 Å². The summed E-state index contributed by atoms with van der Waals surface area (Å²) in [6, 6.07) is 5.41. The molecule has 0 bridgehead atoms. The van der Waals surface area contributed by atoms with Gasteiger partial charge in [-0.2, -0.15) is 0 Å². The summed E-state index contributed by atoms with van der Waals surface area (Å²) < 4.78 is 0. The summed E-state index contributed by atoms with van der Waals surface area (Å²) in [7, 11) is 0. The highest BCUT2D eigenvalue weighted by Crippen LogP contribution is 2.24. The van der Waals surface area contributed by atoms with Gasteiger partial charge < -0.3 is 15.5 Å². The van der Waals surface area contributed by atoms with Gasteiger partial charge in [-0.25, -0.2) is 0 Å². The number of hydrogen-bond donors (Lipinski definition) is 2. The quantitative estimate of drug-likeness (QED) is 0.576. The van der Waals surface area contributed by atoms with Gasteiger partial charge in [0.15, 0.2) is 5.96 Å². The van der Waals surface area contributed by atoms with E-state index in [0.29, 0.717) is 12.1 Å². The van der Waals surface area contributed by atoms with Crippen molar-refractivity contribution in [3.63, 3.8) is 0 Å². The fraction of sp³-hybridized carbons (Fsp3) is 0.762. The molecule has 3 heterocycles. The molecular weight excluding hydrogens is 354 g/mol. The molecule has 27 heavy (non-hydrogen) atoms. The molecule has 3 rings (SSSR count). The summed E-state index contributed by atoms with van der Waals surface area (Å²) in [5.41, 5.74) is 0. The molecule has 1 atom stereocenters. The molecule has 5 nitrogen and oxygen atoms in total. The average molecular weight is 392 g/mol. The number of rotatable bonds is 6. The van der Waals surface area contributed by atoms with Gasteiger partial charge in [-0.05, 0) is 76.1 Å². The lowest BCUT2D eigenvalue weighted by atomic mass is 9.98. The number of hydrogen-bond acceptors (Lipinski definition) is 4. The highest BCUT2D eigenvalue weighted by Gasteiger charge is 2.22. The van der Waals surface area contributed by atoms with E-state index in [1.807, 2.05) is 11.3 Å². The van der Waals surface area contributed by atoms with Gasteiger partial charge in [0.1, 0.15) is 0 Å². The summed E-state index contributed by atoms with van der Waals surface area (Å²) in [5, 5.41) is 10.7. The predicted octanol–water partition coefficient (Wildman–Crippen LogP) is 3.39. The third-order valence-corrected chi connectivity index (χ3v) is 6.88. The minimum atomic E-state index is 0.519. The van der Waals surface area contributed by atoms with Gasteiger partial charge in [0, 0.05) is 31.7 Å². The minimum Gasteiger partial charge on any atom is -0.363 e. The number of anilines is 1. The number of thiophene rings is 1. The minimum absolute atomic E-state index is 0.519. The lowest BCUT2D eigenvalue weighted by molar-refractivity contribution is 0.150. The molecular formula is C21H37N5S. The number of nitrogens with zero attached hydrogens (tertiary/aromatic N) is 3. The van der Waals surface area contributed by atoms with Gasteiger partial charge in [-0.15, -0.1) is 11.3 Å².